The number of fused-ring (bicyclic) bond motifs is 3. The highest BCUT2D eigenvalue weighted by atomic mass is 32.2. The maximum Gasteiger partial charge on any atom is 0.265 e. The zero-order chi connectivity index (χ0) is 19.7. The quantitative estimate of drug-likeness (QED) is 0.500. The summed E-state index contributed by atoms with van der Waals surface area (Å²) in [7, 11) is -3.78. The number of benzene rings is 2. The molecule has 8 heteroatoms. The molecule has 4 aromatic rings. The third kappa shape index (κ3) is 2.90. The van der Waals surface area contributed by atoms with Crippen LogP contribution in [0, 0.1) is 0 Å². The van der Waals surface area contributed by atoms with E-state index in [1.165, 1.54) is 4.31 Å². The highest BCUT2D eigenvalue weighted by Crippen LogP contribution is 2.29. The molecule has 0 fully saturated rings. The summed E-state index contributed by atoms with van der Waals surface area (Å²) in [4.78, 5) is 4.91. The molecule has 0 aliphatic carbocycles. The standard InChI is InChI=1S/C20H21N5O2S/c1-3-14-24(28(26,27)15-10-6-5-7-11-15)19-20-23-22-18(4-2)25(20)17-13-9-8-12-16(17)21-19/h5-13H,3-4,14H2,1-2H3. The van der Waals surface area contributed by atoms with Crippen LogP contribution in [0.1, 0.15) is 26.1 Å². The number of hydrogen-bond donors (Lipinski definition) is 0. The van der Waals surface area contributed by atoms with Crippen molar-refractivity contribution in [2.24, 2.45) is 0 Å². The second-order valence-corrected chi connectivity index (χ2v) is 8.31. The maximum absolute atomic E-state index is 13.4. The molecule has 0 amide bonds. The first-order valence-electron chi connectivity index (χ1n) is 9.28. The second-order valence-electron chi connectivity index (χ2n) is 6.44. The molecule has 7 nitrogen and oxygen atoms in total. The Hall–Kier alpha value is -3.00. The zero-order valence-electron chi connectivity index (χ0n) is 15.8. The van der Waals surface area contributed by atoms with E-state index in [2.05, 4.69) is 15.2 Å². The van der Waals surface area contributed by atoms with Crippen molar-refractivity contribution < 1.29 is 8.42 Å². The van der Waals surface area contributed by atoms with Crippen molar-refractivity contribution in [3.05, 3.63) is 60.4 Å². The average Bonchev–Trinajstić information content (AvgIpc) is 3.17. The van der Waals surface area contributed by atoms with Gasteiger partial charge in [-0.15, -0.1) is 10.2 Å². The van der Waals surface area contributed by atoms with Gasteiger partial charge in [-0.1, -0.05) is 44.2 Å². The van der Waals surface area contributed by atoms with Crippen LogP contribution in [0.3, 0.4) is 0 Å². The van der Waals surface area contributed by atoms with Crippen LogP contribution in [0.15, 0.2) is 59.5 Å². The Morgan fingerprint density at radius 3 is 2.39 bits per heavy atom. The summed E-state index contributed by atoms with van der Waals surface area (Å²) < 4.78 is 30.1. The largest absolute Gasteiger partial charge is 0.274 e. The number of rotatable bonds is 6. The molecule has 28 heavy (non-hydrogen) atoms. The van der Waals surface area contributed by atoms with Crippen LogP contribution < -0.4 is 4.31 Å². The Balaban J connectivity index is 2.03. The summed E-state index contributed by atoms with van der Waals surface area (Å²) in [5.74, 6) is 1.07. The van der Waals surface area contributed by atoms with Crippen molar-refractivity contribution >= 4 is 32.5 Å². The van der Waals surface area contributed by atoms with E-state index in [0.717, 1.165) is 11.3 Å². The number of para-hydroxylation sites is 2. The van der Waals surface area contributed by atoms with Crippen molar-refractivity contribution in [3.8, 4) is 0 Å². The fourth-order valence-corrected chi connectivity index (χ4v) is 4.81. The van der Waals surface area contributed by atoms with Gasteiger partial charge in [-0.2, -0.15) is 0 Å². The van der Waals surface area contributed by atoms with Gasteiger partial charge in [0.15, 0.2) is 5.82 Å². The van der Waals surface area contributed by atoms with E-state index in [1.807, 2.05) is 42.5 Å². The molecule has 2 aromatic carbocycles. The molecular formula is C20H21N5O2S. The summed E-state index contributed by atoms with van der Waals surface area (Å²) in [6, 6.07) is 16.0. The Kier molecular flexibility index (Phi) is 4.72. The Bertz CT molecular complexity index is 1240. The monoisotopic (exact) mass is 395 g/mol. The molecule has 0 N–H and O–H groups in total. The SMILES string of the molecule is CCCN(c1nc2ccccc2n2c(CC)nnc12)S(=O)(=O)c1ccccc1. The molecule has 144 valence electrons. The first kappa shape index (κ1) is 18.4. The van der Waals surface area contributed by atoms with Crippen molar-refractivity contribution in [1.82, 2.24) is 19.6 Å². The van der Waals surface area contributed by atoms with E-state index in [9.17, 15) is 8.42 Å². The summed E-state index contributed by atoms with van der Waals surface area (Å²) in [6.07, 6.45) is 1.31. The molecule has 0 radical (unpaired) electrons. The topological polar surface area (TPSA) is 80.5 Å². The van der Waals surface area contributed by atoms with E-state index in [1.54, 1.807) is 30.3 Å². The number of hydrogen-bond acceptors (Lipinski definition) is 5. The highest BCUT2D eigenvalue weighted by Gasteiger charge is 2.29. The molecule has 0 saturated heterocycles. The number of anilines is 1. The summed E-state index contributed by atoms with van der Waals surface area (Å²) >= 11 is 0. The molecule has 0 unspecified atom stereocenters. The van der Waals surface area contributed by atoms with Crippen LogP contribution in [0.25, 0.3) is 16.7 Å². The Morgan fingerprint density at radius 1 is 0.964 bits per heavy atom. The van der Waals surface area contributed by atoms with Crippen LogP contribution in [-0.4, -0.2) is 34.5 Å². The van der Waals surface area contributed by atoms with E-state index in [4.69, 9.17) is 0 Å². The van der Waals surface area contributed by atoms with Crippen LogP contribution in [0.4, 0.5) is 5.82 Å². The van der Waals surface area contributed by atoms with Gasteiger partial charge in [0.1, 0.15) is 5.82 Å². The third-order valence-corrected chi connectivity index (χ3v) is 6.39. The van der Waals surface area contributed by atoms with Crippen LogP contribution in [-0.2, 0) is 16.4 Å². The fourth-order valence-electron chi connectivity index (χ4n) is 3.29. The molecule has 2 aromatic heterocycles. The number of aryl methyl sites for hydroxylation is 1. The van der Waals surface area contributed by atoms with Crippen LogP contribution in [0.5, 0.6) is 0 Å². The first-order valence-corrected chi connectivity index (χ1v) is 10.7. The smallest absolute Gasteiger partial charge is 0.265 e. The van der Waals surface area contributed by atoms with E-state index in [-0.39, 0.29) is 4.90 Å². The molecule has 0 saturated carbocycles. The summed E-state index contributed by atoms with van der Waals surface area (Å²) in [5, 5.41) is 8.57. The number of sulfonamides is 1. The minimum absolute atomic E-state index is 0.229. The van der Waals surface area contributed by atoms with E-state index >= 15 is 0 Å². The fraction of sp³-hybridized carbons (Fsp3) is 0.250. The van der Waals surface area contributed by atoms with Crippen molar-refractivity contribution in [2.75, 3.05) is 10.8 Å². The molecule has 0 bridgehead atoms. The predicted octanol–water partition coefficient (Wildman–Crippen LogP) is 3.45. The second kappa shape index (κ2) is 7.20. The van der Waals surface area contributed by atoms with Crippen molar-refractivity contribution in [2.45, 2.75) is 31.6 Å². The van der Waals surface area contributed by atoms with Gasteiger partial charge >= 0.3 is 0 Å². The van der Waals surface area contributed by atoms with Gasteiger partial charge in [-0.25, -0.2) is 17.7 Å². The lowest BCUT2D eigenvalue weighted by atomic mass is 10.3. The van der Waals surface area contributed by atoms with Gasteiger partial charge in [0.05, 0.1) is 15.9 Å². The predicted molar refractivity (Wildman–Crippen MR) is 109 cm³/mol. The number of aromatic nitrogens is 4. The normalized spacial score (nSPS) is 11.9. The van der Waals surface area contributed by atoms with E-state index < -0.39 is 10.0 Å². The van der Waals surface area contributed by atoms with Gasteiger partial charge in [-0.05, 0) is 30.7 Å². The Labute approximate surface area is 163 Å². The van der Waals surface area contributed by atoms with Gasteiger partial charge in [-0.3, -0.25) is 4.40 Å². The average molecular weight is 395 g/mol. The van der Waals surface area contributed by atoms with Crippen molar-refractivity contribution in [3.63, 3.8) is 0 Å². The molecule has 0 atom stereocenters. The lowest BCUT2D eigenvalue weighted by Crippen LogP contribution is -2.33. The first-order chi connectivity index (χ1) is 13.6. The summed E-state index contributed by atoms with van der Waals surface area (Å²) in [5.41, 5.74) is 2.00. The summed E-state index contributed by atoms with van der Waals surface area (Å²) in [6.45, 7) is 4.23. The molecule has 2 heterocycles. The van der Waals surface area contributed by atoms with Crippen LogP contribution >= 0.6 is 0 Å². The Morgan fingerprint density at radius 2 is 1.68 bits per heavy atom. The van der Waals surface area contributed by atoms with Gasteiger partial charge in [0.2, 0.25) is 5.65 Å². The molecule has 0 aliphatic rings. The van der Waals surface area contributed by atoms with Crippen LogP contribution in [0.2, 0.25) is 0 Å². The minimum atomic E-state index is -3.78. The number of nitrogens with zero attached hydrogens (tertiary/aromatic N) is 5. The highest BCUT2D eigenvalue weighted by molar-refractivity contribution is 7.92. The molecule has 0 spiro atoms. The molecule has 0 aliphatic heterocycles. The maximum atomic E-state index is 13.4. The van der Waals surface area contributed by atoms with Gasteiger partial charge < -0.3 is 0 Å². The lowest BCUT2D eigenvalue weighted by molar-refractivity contribution is 0.589. The lowest BCUT2D eigenvalue weighted by Gasteiger charge is -2.23. The van der Waals surface area contributed by atoms with Gasteiger partial charge in [0.25, 0.3) is 10.0 Å². The minimum Gasteiger partial charge on any atom is -0.274 e. The van der Waals surface area contributed by atoms with Gasteiger partial charge in [0, 0.05) is 13.0 Å². The van der Waals surface area contributed by atoms with Crippen molar-refractivity contribution in [1.29, 1.82) is 0 Å². The molecular weight excluding hydrogens is 374 g/mol. The third-order valence-electron chi connectivity index (χ3n) is 4.59. The van der Waals surface area contributed by atoms with E-state index in [0.29, 0.717) is 36.4 Å². The molecule has 4 rings (SSSR count). The zero-order valence-corrected chi connectivity index (χ0v) is 16.6.